The molecule has 0 spiro atoms. The van der Waals surface area contributed by atoms with Gasteiger partial charge in [-0.3, -0.25) is 4.79 Å². The molecule has 0 atom stereocenters. The molecule has 3 rings (SSSR count). The minimum Gasteiger partial charge on any atom is -0.374 e. The second kappa shape index (κ2) is 4.60. The Labute approximate surface area is 116 Å². The molecule has 2 N–H and O–H groups in total. The van der Waals surface area contributed by atoms with Crippen molar-refractivity contribution in [2.45, 2.75) is 6.42 Å². The molecule has 0 radical (unpaired) electrons. The normalized spacial score (nSPS) is 11.0. The molecule has 1 aromatic carbocycles. The molecule has 96 valence electrons. The fraction of sp³-hybridized carbons (Fsp3) is 0.0909. The van der Waals surface area contributed by atoms with Gasteiger partial charge in [0, 0.05) is 11.4 Å². The fourth-order valence-electron chi connectivity index (χ4n) is 1.69. The van der Waals surface area contributed by atoms with Crippen LogP contribution in [0.1, 0.15) is 11.3 Å². The average Bonchev–Trinajstić information content (AvgIpc) is 2.77. The molecule has 2 heterocycles. The van der Waals surface area contributed by atoms with Crippen molar-refractivity contribution in [2.24, 2.45) is 0 Å². The van der Waals surface area contributed by atoms with Crippen LogP contribution in [-0.2, 0) is 6.42 Å². The SMILES string of the molecule is Nc1nn2c(=O)c(Cc3ccccc3Cl)nnc2s1. The van der Waals surface area contributed by atoms with Gasteiger partial charge in [0.25, 0.3) is 5.56 Å². The number of hydrogen-bond donors (Lipinski definition) is 1. The zero-order valence-electron chi connectivity index (χ0n) is 9.58. The van der Waals surface area contributed by atoms with Crippen LogP contribution in [0.2, 0.25) is 5.02 Å². The largest absolute Gasteiger partial charge is 0.374 e. The summed E-state index contributed by atoms with van der Waals surface area (Å²) in [5.74, 6) is 0. The molecule has 0 amide bonds. The van der Waals surface area contributed by atoms with Gasteiger partial charge >= 0.3 is 0 Å². The van der Waals surface area contributed by atoms with Crippen LogP contribution < -0.4 is 11.3 Å². The van der Waals surface area contributed by atoms with E-state index >= 15 is 0 Å². The van der Waals surface area contributed by atoms with Crippen molar-refractivity contribution < 1.29 is 0 Å². The molecule has 3 aromatic rings. The molecule has 0 aliphatic heterocycles. The Kier molecular flexibility index (Phi) is 2.92. The number of fused-ring (bicyclic) bond motifs is 1. The number of nitrogens with zero attached hydrogens (tertiary/aromatic N) is 4. The minimum absolute atomic E-state index is 0.279. The predicted octanol–water partition coefficient (Wildman–Crippen LogP) is 1.37. The molecule has 0 aliphatic carbocycles. The van der Waals surface area contributed by atoms with Gasteiger partial charge < -0.3 is 5.73 Å². The Hall–Kier alpha value is -1.99. The molecule has 0 bridgehead atoms. The first-order valence-corrected chi connectivity index (χ1v) is 6.59. The van der Waals surface area contributed by atoms with Gasteiger partial charge in [-0.15, -0.1) is 15.3 Å². The first kappa shape index (κ1) is 12.1. The first-order valence-electron chi connectivity index (χ1n) is 5.39. The van der Waals surface area contributed by atoms with E-state index in [9.17, 15) is 4.79 Å². The maximum atomic E-state index is 12.2. The highest BCUT2D eigenvalue weighted by Gasteiger charge is 2.12. The zero-order chi connectivity index (χ0) is 13.4. The van der Waals surface area contributed by atoms with Crippen molar-refractivity contribution >= 4 is 33.0 Å². The van der Waals surface area contributed by atoms with Gasteiger partial charge in [0.2, 0.25) is 10.1 Å². The molecule has 0 unspecified atom stereocenters. The number of anilines is 1. The lowest BCUT2D eigenvalue weighted by atomic mass is 10.1. The maximum absolute atomic E-state index is 12.2. The second-order valence-corrected chi connectivity index (χ2v) is 5.25. The summed E-state index contributed by atoms with van der Waals surface area (Å²) in [4.78, 5) is 12.5. The van der Waals surface area contributed by atoms with E-state index in [4.69, 9.17) is 17.3 Å². The second-order valence-electron chi connectivity index (χ2n) is 3.85. The van der Waals surface area contributed by atoms with Gasteiger partial charge in [-0.2, -0.15) is 4.52 Å². The predicted molar refractivity (Wildman–Crippen MR) is 73.6 cm³/mol. The lowest BCUT2D eigenvalue weighted by molar-refractivity contribution is 0.811. The van der Waals surface area contributed by atoms with Gasteiger partial charge in [-0.25, -0.2) is 0 Å². The number of hydrogen-bond acceptors (Lipinski definition) is 6. The summed E-state index contributed by atoms with van der Waals surface area (Å²) < 4.78 is 1.17. The van der Waals surface area contributed by atoms with E-state index in [2.05, 4.69) is 15.3 Å². The third-order valence-corrected chi connectivity index (χ3v) is 3.68. The van der Waals surface area contributed by atoms with Crippen LogP contribution in [0.15, 0.2) is 29.1 Å². The van der Waals surface area contributed by atoms with Gasteiger partial charge in [0.1, 0.15) is 5.69 Å². The van der Waals surface area contributed by atoms with Crippen LogP contribution >= 0.6 is 22.9 Å². The standard InChI is InChI=1S/C11H8ClN5OS/c12-7-4-2-1-3-6(7)5-8-9(18)17-11(15-14-8)19-10(13)16-17/h1-4H,5H2,(H2,13,16). The van der Waals surface area contributed by atoms with Crippen molar-refractivity contribution in [1.82, 2.24) is 19.8 Å². The molecule has 0 saturated carbocycles. The third-order valence-electron chi connectivity index (χ3n) is 2.59. The van der Waals surface area contributed by atoms with Crippen LogP contribution in [-0.4, -0.2) is 19.8 Å². The van der Waals surface area contributed by atoms with E-state index in [1.807, 2.05) is 18.2 Å². The number of halogens is 1. The van der Waals surface area contributed by atoms with Gasteiger partial charge in [0.05, 0.1) is 0 Å². The van der Waals surface area contributed by atoms with E-state index in [1.165, 1.54) is 4.52 Å². The summed E-state index contributed by atoms with van der Waals surface area (Å²) in [5.41, 5.74) is 6.33. The first-order chi connectivity index (χ1) is 9.15. The Morgan fingerprint density at radius 2 is 2.11 bits per heavy atom. The number of benzene rings is 1. The van der Waals surface area contributed by atoms with E-state index < -0.39 is 0 Å². The molecule has 6 nitrogen and oxygen atoms in total. The van der Waals surface area contributed by atoms with Gasteiger partial charge in [-0.1, -0.05) is 41.1 Å². The molecule has 0 saturated heterocycles. The molecule has 19 heavy (non-hydrogen) atoms. The number of aromatic nitrogens is 4. The monoisotopic (exact) mass is 293 g/mol. The summed E-state index contributed by atoms with van der Waals surface area (Å²) in [6.45, 7) is 0. The minimum atomic E-state index is -0.321. The maximum Gasteiger partial charge on any atom is 0.297 e. The Morgan fingerprint density at radius 3 is 2.89 bits per heavy atom. The highest BCUT2D eigenvalue weighted by atomic mass is 35.5. The summed E-state index contributed by atoms with van der Waals surface area (Å²) in [7, 11) is 0. The fourth-order valence-corrected chi connectivity index (χ4v) is 2.50. The van der Waals surface area contributed by atoms with Crippen LogP contribution in [0.25, 0.3) is 4.96 Å². The van der Waals surface area contributed by atoms with Crippen LogP contribution in [0.3, 0.4) is 0 Å². The number of nitrogen functional groups attached to an aromatic ring is 1. The molecule has 2 aromatic heterocycles. The number of nitrogens with two attached hydrogens (primary N) is 1. The topological polar surface area (TPSA) is 86.2 Å². The van der Waals surface area contributed by atoms with Gasteiger partial charge in [-0.05, 0) is 11.6 Å². The van der Waals surface area contributed by atoms with E-state index in [0.717, 1.165) is 16.9 Å². The Morgan fingerprint density at radius 1 is 1.32 bits per heavy atom. The van der Waals surface area contributed by atoms with E-state index in [1.54, 1.807) is 6.07 Å². The van der Waals surface area contributed by atoms with Crippen molar-refractivity contribution in [1.29, 1.82) is 0 Å². The Bertz CT molecular complexity index is 812. The number of rotatable bonds is 2. The molecule has 8 heteroatoms. The Balaban J connectivity index is 2.09. The quantitative estimate of drug-likeness (QED) is 0.771. The lowest BCUT2D eigenvalue weighted by Crippen LogP contribution is -2.22. The summed E-state index contributed by atoms with van der Waals surface area (Å²) in [5, 5.41) is 12.6. The van der Waals surface area contributed by atoms with E-state index in [-0.39, 0.29) is 16.4 Å². The lowest BCUT2D eigenvalue weighted by Gasteiger charge is -2.02. The third kappa shape index (κ3) is 2.18. The molecule has 0 aliphatic rings. The zero-order valence-corrected chi connectivity index (χ0v) is 11.1. The van der Waals surface area contributed by atoms with Crippen LogP contribution in [0, 0.1) is 0 Å². The van der Waals surface area contributed by atoms with Gasteiger partial charge in [0.15, 0.2) is 0 Å². The van der Waals surface area contributed by atoms with Crippen molar-refractivity contribution in [3.05, 3.63) is 50.9 Å². The van der Waals surface area contributed by atoms with Crippen molar-refractivity contribution in [3.63, 3.8) is 0 Å². The highest BCUT2D eigenvalue weighted by Crippen LogP contribution is 2.17. The average molecular weight is 294 g/mol. The molecule has 0 fully saturated rings. The van der Waals surface area contributed by atoms with E-state index in [0.29, 0.717) is 16.4 Å². The molecular weight excluding hydrogens is 286 g/mol. The smallest absolute Gasteiger partial charge is 0.297 e. The highest BCUT2D eigenvalue weighted by molar-refractivity contribution is 7.20. The van der Waals surface area contributed by atoms with Crippen molar-refractivity contribution in [2.75, 3.05) is 5.73 Å². The summed E-state index contributed by atoms with van der Waals surface area (Å²) >= 11 is 7.17. The van der Waals surface area contributed by atoms with Crippen LogP contribution in [0.5, 0.6) is 0 Å². The summed E-state index contributed by atoms with van der Waals surface area (Å²) in [6.07, 6.45) is 0.311. The summed E-state index contributed by atoms with van der Waals surface area (Å²) in [6, 6.07) is 7.29. The molecular formula is C11H8ClN5OS. The van der Waals surface area contributed by atoms with Crippen LogP contribution in [0.4, 0.5) is 5.13 Å². The van der Waals surface area contributed by atoms with Crippen molar-refractivity contribution in [3.8, 4) is 0 Å².